The number of nitrogens with zero attached hydrogens (tertiary/aromatic N) is 9. The summed E-state index contributed by atoms with van der Waals surface area (Å²) in [4.78, 5) is 12.5. The summed E-state index contributed by atoms with van der Waals surface area (Å²) >= 11 is 0. The predicted molar refractivity (Wildman–Crippen MR) is 139 cm³/mol. The van der Waals surface area contributed by atoms with Crippen LogP contribution in [0.15, 0.2) is 67.6 Å². The molecule has 37 heavy (non-hydrogen) atoms. The van der Waals surface area contributed by atoms with Crippen LogP contribution in [0.4, 0.5) is 16.2 Å². The number of hydrogen-bond donors (Lipinski definition) is 1. The van der Waals surface area contributed by atoms with Crippen LogP contribution in [0.2, 0.25) is 0 Å². The largest absolute Gasteiger partial charge is 0.351 e. The van der Waals surface area contributed by atoms with Gasteiger partial charge in [0.05, 0.1) is 22.7 Å². The molecule has 11 heteroatoms. The zero-order chi connectivity index (χ0) is 35.2. The first-order valence-electron chi connectivity index (χ1n) is 16.5. The number of aromatic nitrogens is 7. The van der Waals surface area contributed by atoms with E-state index in [9.17, 15) is 4.39 Å². The van der Waals surface area contributed by atoms with Crippen LogP contribution in [0, 0.1) is 5.82 Å². The molecule has 188 valence electrons. The van der Waals surface area contributed by atoms with Crippen molar-refractivity contribution in [1.82, 2.24) is 34.3 Å². The van der Waals surface area contributed by atoms with Crippen molar-refractivity contribution < 1.29 is 19.5 Å². The van der Waals surface area contributed by atoms with E-state index in [1.165, 1.54) is 22.7 Å². The van der Waals surface area contributed by atoms with Gasteiger partial charge in [0.2, 0.25) is 5.95 Å². The van der Waals surface area contributed by atoms with Gasteiger partial charge in [0, 0.05) is 78.6 Å². The summed E-state index contributed by atoms with van der Waals surface area (Å²) in [6.07, 6.45) is 7.63. The Kier molecular flexibility index (Phi) is 3.33. The Morgan fingerprint density at radius 3 is 2.32 bits per heavy atom. The van der Waals surface area contributed by atoms with Gasteiger partial charge in [0.25, 0.3) is 0 Å². The number of benzene rings is 1. The third-order valence-corrected chi connectivity index (χ3v) is 5.78. The first kappa shape index (κ1) is 13.8. The second-order valence-corrected chi connectivity index (χ2v) is 8.25. The van der Waals surface area contributed by atoms with E-state index in [0.29, 0.717) is 16.0 Å². The Balaban J connectivity index is 1.46. The molecular formula is C26H27FN10. The van der Waals surface area contributed by atoms with Crippen LogP contribution in [-0.2, 0) is 12.6 Å². The Morgan fingerprint density at radius 1 is 0.919 bits per heavy atom. The van der Waals surface area contributed by atoms with Gasteiger partial charge in [-0.3, -0.25) is 4.68 Å². The minimum absolute atomic E-state index is 0.0274. The Labute approximate surface area is 228 Å². The standard InChI is InChI=1S/C26H27FN10/c1-26(28,20-3-5-22(27)6-4-20)21-13-29-25(30-14-21)36-9-7-35(8-10-36)24-23-11-18(16-37(23)33-17-31-24)19-12-32-34(2)15-19/h3-6,11-17H,7-10,28H2,1-2H3/i1D3,7D2,8D2,9D2,10D2. The number of piperazine rings is 1. The molecule has 6 rings (SSSR count). The number of hydrogen-bond acceptors (Lipinski definition) is 8. The maximum Gasteiger partial charge on any atom is 0.225 e. The van der Waals surface area contributed by atoms with Crippen LogP contribution in [0.1, 0.15) is 33.1 Å². The lowest BCUT2D eigenvalue weighted by Gasteiger charge is -2.35. The molecule has 4 aromatic heterocycles. The van der Waals surface area contributed by atoms with E-state index in [1.807, 2.05) is 0 Å². The van der Waals surface area contributed by atoms with Gasteiger partial charge in [-0.15, -0.1) is 0 Å². The van der Waals surface area contributed by atoms with Gasteiger partial charge < -0.3 is 15.5 Å². The highest BCUT2D eigenvalue weighted by Crippen LogP contribution is 2.29. The quantitative estimate of drug-likeness (QED) is 0.385. The summed E-state index contributed by atoms with van der Waals surface area (Å²) in [5.74, 6) is -1.88. The van der Waals surface area contributed by atoms with Crippen molar-refractivity contribution in [2.75, 3.05) is 35.8 Å². The van der Waals surface area contributed by atoms with Gasteiger partial charge in [-0.2, -0.15) is 10.2 Å². The average molecular weight is 510 g/mol. The molecular weight excluding hydrogens is 471 g/mol. The van der Waals surface area contributed by atoms with Gasteiger partial charge in [-0.1, -0.05) is 12.1 Å². The van der Waals surface area contributed by atoms with E-state index < -0.39 is 56.0 Å². The molecule has 1 saturated heterocycles. The van der Waals surface area contributed by atoms with Gasteiger partial charge in [0.1, 0.15) is 17.7 Å². The summed E-state index contributed by atoms with van der Waals surface area (Å²) in [6.45, 7) is -16.4. The number of nitrogens with two attached hydrogens (primary N) is 1. The second kappa shape index (κ2) is 8.93. The van der Waals surface area contributed by atoms with Crippen LogP contribution >= 0.6 is 0 Å². The molecule has 0 spiro atoms. The number of halogens is 1. The van der Waals surface area contributed by atoms with Crippen LogP contribution in [-0.4, -0.2) is 60.3 Å². The summed E-state index contributed by atoms with van der Waals surface area (Å²) in [6, 6.07) is 5.89. The van der Waals surface area contributed by atoms with Crippen LogP contribution < -0.4 is 15.5 Å². The Bertz CT molecular complexity index is 1970. The number of fused-ring (bicyclic) bond motifs is 1. The normalized spacial score (nSPS) is 26.0. The van der Waals surface area contributed by atoms with Gasteiger partial charge in [0.15, 0.2) is 5.82 Å². The lowest BCUT2D eigenvalue weighted by Crippen LogP contribution is -2.47. The molecule has 10 nitrogen and oxygen atoms in total. The first-order chi connectivity index (χ1) is 22.2. The van der Waals surface area contributed by atoms with E-state index >= 15 is 0 Å². The highest BCUT2D eigenvalue weighted by atomic mass is 19.1. The molecule has 1 aliphatic heterocycles. The molecule has 5 aromatic rings. The van der Waals surface area contributed by atoms with Crippen molar-refractivity contribution >= 4 is 17.3 Å². The molecule has 0 bridgehead atoms. The third-order valence-electron chi connectivity index (χ3n) is 5.78. The lowest BCUT2D eigenvalue weighted by atomic mass is 9.87. The number of rotatable bonds is 5. The van der Waals surface area contributed by atoms with Crippen molar-refractivity contribution in [3.05, 3.63) is 84.6 Å². The SMILES string of the molecule is [2H]C([2H])([2H])C(N)(c1ccc(F)cc1)c1cnc(N2C([2H])([2H])C([2H])([2H])N(c3ncnn4cc(-c5cnn(C)c5)cc34)C([2H])([2H])C2([2H])[2H])nc1. The molecule has 5 heterocycles. The molecule has 0 aliphatic carbocycles. The number of anilines is 2. The molecule has 0 radical (unpaired) electrons. The fourth-order valence-corrected chi connectivity index (χ4v) is 3.80. The zero-order valence-corrected chi connectivity index (χ0v) is 19.3. The summed E-state index contributed by atoms with van der Waals surface area (Å²) in [5.41, 5.74) is 5.09. The molecule has 1 atom stereocenters. The van der Waals surface area contributed by atoms with Crippen molar-refractivity contribution in [1.29, 1.82) is 0 Å². The maximum absolute atomic E-state index is 13.6. The van der Waals surface area contributed by atoms with Gasteiger partial charge in [-0.25, -0.2) is 23.9 Å². The predicted octanol–water partition coefficient (Wildman–Crippen LogP) is 2.61. The molecule has 1 aliphatic rings. The van der Waals surface area contributed by atoms with Crippen molar-refractivity contribution in [2.45, 2.75) is 12.4 Å². The molecule has 1 fully saturated rings. The minimum atomic E-state index is -3.40. The minimum Gasteiger partial charge on any atom is -0.351 e. The summed E-state index contributed by atoms with van der Waals surface area (Å²) in [7, 11) is 1.71. The third kappa shape index (κ3) is 4.27. The first-order valence-corrected chi connectivity index (χ1v) is 11.0. The molecule has 1 unspecified atom stereocenters. The van der Waals surface area contributed by atoms with E-state index in [4.69, 9.17) is 20.8 Å². The fraction of sp³-hybridized carbons (Fsp3) is 0.269. The van der Waals surface area contributed by atoms with E-state index in [0.717, 1.165) is 30.9 Å². The topological polar surface area (TPSA) is 106 Å². The lowest BCUT2D eigenvalue weighted by molar-refractivity contribution is 0.585. The summed E-state index contributed by atoms with van der Waals surface area (Å²) < 4.78 is 112. The van der Waals surface area contributed by atoms with Crippen molar-refractivity contribution in [2.24, 2.45) is 12.8 Å². The molecule has 1 aromatic carbocycles. The van der Waals surface area contributed by atoms with Gasteiger partial charge >= 0.3 is 0 Å². The fourth-order valence-electron chi connectivity index (χ4n) is 3.80. The average Bonchev–Trinajstić information content (AvgIpc) is 3.63. The monoisotopic (exact) mass is 509 g/mol. The smallest absolute Gasteiger partial charge is 0.225 e. The molecule has 2 N–H and O–H groups in total. The number of aryl methyl sites for hydroxylation is 1. The Hall–Kier alpha value is -4.38. The highest BCUT2D eigenvalue weighted by Gasteiger charge is 2.26. The molecule has 0 amide bonds. The van der Waals surface area contributed by atoms with Crippen LogP contribution in [0.3, 0.4) is 0 Å². The zero-order valence-electron chi connectivity index (χ0n) is 30.3. The van der Waals surface area contributed by atoms with E-state index in [2.05, 4.69) is 25.1 Å². The van der Waals surface area contributed by atoms with E-state index in [1.54, 1.807) is 30.3 Å². The maximum atomic E-state index is 13.6. The highest BCUT2D eigenvalue weighted by molar-refractivity contribution is 5.77. The Morgan fingerprint density at radius 2 is 1.65 bits per heavy atom. The second-order valence-electron chi connectivity index (χ2n) is 8.25. The van der Waals surface area contributed by atoms with Crippen LogP contribution in [0.25, 0.3) is 16.6 Å². The van der Waals surface area contributed by atoms with Crippen molar-refractivity contribution in [3.63, 3.8) is 0 Å². The molecule has 0 saturated carbocycles. The van der Waals surface area contributed by atoms with E-state index in [-0.39, 0.29) is 21.5 Å². The van der Waals surface area contributed by atoms with Crippen LogP contribution in [0.5, 0.6) is 0 Å². The summed E-state index contributed by atoms with van der Waals surface area (Å²) in [5, 5.41) is 8.23. The van der Waals surface area contributed by atoms with Crippen molar-refractivity contribution in [3.8, 4) is 11.1 Å². The van der Waals surface area contributed by atoms with Gasteiger partial charge in [-0.05, 0) is 30.6 Å².